The Morgan fingerprint density at radius 1 is 1.00 bits per heavy atom. The van der Waals surface area contributed by atoms with Crippen molar-refractivity contribution in [2.24, 2.45) is 5.92 Å². The summed E-state index contributed by atoms with van der Waals surface area (Å²) in [5.41, 5.74) is 1.68. The van der Waals surface area contributed by atoms with Crippen LogP contribution in [0.1, 0.15) is 28.9 Å². The summed E-state index contributed by atoms with van der Waals surface area (Å²) in [4.78, 5) is 37.5. The molecule has 2 heterocycles. The minimum absolute atomic E-state index is 0.00412. The van der Waals surface area contributed by atoms with Crippen molar-refractivity contribution in [3.8, 4) is 5.75 Å². The zero-order valence-corrected chi connectivity index (χ0v) is 20.3. The molecule has 5 rings (SSSR count). The maximum absolute atomic E-state index is 13.0. The second-order valence-corrected chi connectivity index (χ2v) is 8.86. The quantitative estimate of drug-likeness (QED) is 0.261. The fraction of sp³-hybridized carbons (Fsp3) is 0.214. The van der Waals surface area contributed by atoms with E-state index in [4.69, 9.17) is 9.26 Å². The number of benzene rings is 3. The molecule has 10 nitrogen and oxygen atoms in total. The average Bonchev–Trinajstić information content (AvgIpc) is 3.36. The number of carboxylic acids is 1. The second-order valence-electron chi connectivity index (χ2n) is 8.86. The number of rotatable bonds is 11. The highest BCUT2D eigenvalue weighted by Gasteiger charge is 2.26. The Balaban J connectivity index is 1.24. The summed E-state index contributed by atoms with van der Waals surface area (Å²) >= 11 is 0. The summed E-state index contributed by atoms with van der Waals surface area (Å²) in [5, 5.41) is 22.4. The second kappa shape index (κ2) is 11.0. The molecular weight excluding hydrogens is 488 g/mol. The minimum atomic E-state index is -1.15. The third-order valence-corrected chi connectivity index (χ3v) is 6.31. The number of fused-ring (bicyclic) bond motifs is 2. The Morgan fingerprint density at radius 2 is 1.79 bits per heavy atom. The van der Waals surface area contributed by atoms with Gasteiger partial charge >= 0.3 is 5.97 Å². The number of carboxylic acid groups (broad SMARTS) is 1. The van der Waals surface area contributed by atoms with Crippen LogP contribution in [0.5, 0.6) is 5.75 Å². The summed E-state index contributed by atoms with van der Waals surface area (Å²) < 4.78 is 12.3. The van der Waals surface area contributed by atoms with Crippen LogP contribution < -0.4 is 10.3 Å². The molecule has 0 aliphatic rings. The molecule has 0 aliphatic heterocycles. The van der Waals surface area contributed by atoms with Gasteiger partial charge in [-0.05, 0) is 36.2 Å². The van der Waals surface area contributed by atoms with Gasteiger partial charge in [0, 0.05) is 25.5 Å². The molecule has 0 aliphatic carbocycles. The summed E-state index contributed by atoms with van der Waals surface area (Å²) in [6.07, 6.45) is 0.456. The van der Waals surface area contributed by atoms with E-state index < -0.39 is 17.7 Å². The first kappa shape index (κ1) is 24.8. The molecule has 38 heavy (non-hydrogen) atoms. The van der Waals surface area contributed by atoms with Gasteiger partial charge in [-0.1, -0.05) is 52.8 Å². The number of aromatic nitrogens is 4. The van der Waals surface area contributed by atoms with Crippen molar-refractivity contribution in [2.75, 3.05) is 6.61 Å². The van der Waals surface area contributed by atoms with E-state index in [0.717, 1.165) is 16.7 Å². The van der Waals surface area contributed by atoms with Gasteiger partial charge in [0.2, 0.25) is 0 Å². The van der Waals surface area contributed by atoms with Gasteiger partial charge in [0.15, 0.2) is 17.1 Å². The van der Waals surface area contributed by atoms with Crippen LogP contribution in [0.4, 0.5) is 0 Å². The number of Topliss-reactive ketones (excluding diaryl/α,β-unsaturated/α-hetero) is 1. The number of nitrogens with zero attached hydrogens (tertiary/aromatic N) is 4. The van der Waals surface area contributed by atoms with E-state index in [1.807, 2.05) is 30.3 Å². The number of carbonyl (C=O) groups is 2. The van der Waals surface area contributed by atoms with E-state index in [-0.39, 0.29) is 30.6 Å². The van der Waals surface area contributed by atoms with E-state index in [1.165, 1.54) is 0 Å². The van der Waals surface area contributed by atoms with Crippen LogP contribution in [0.25, 0.3) is 21.9 Å². The molecule has 1 atom stereocenters. The zero-order chi connectivity index (χ0) is 26.5. The molecule has 0 fully saturated rings. The van der Waals surface area contributed by atoms with Crippen molar-refractivity contribution in [3.05, 3.63) is 94.4 Å². The van der Waals surface area contributed by atoms with Crippen LogP contribution in [-0.4, -0.2) is 43.6 Å². The first-order valence-corrected chi connectivity index (χ1v) is 12.1. The third kappa shape index (κ3) is 5.44. The zero-order valence-electron chi connectivity index (χ0n) is 20.3. The number of carbonyl (C=O) groups excluding carboxylic acids is 1. The summed E-state index contributed by atoms with van der Waals surface area (Å²) in [6, 6.07) is 21.8. The first-order chi connectivity index (χ1) is 18.5. The van der Waals surface area contributed by atoms with Gasteiger partial charge in [0.1, 0.15) is 11.3 Å². The van der Waals surface area contributed by atoms with Crippen molar-refractivity contribution >= 4 is 33.6 Å². The molecular formula is C28H24N4O6. The number of aliphatic carboxylic acids is 1. The lowest BCUT2D eigenvalue weighted by Gasteiger charge is -2.11. The molecule has 2 aromatic heterocycles. The van der Waals surface area contributed by atoms with Gasteiger partial charge in [-0.25, -0.2) is 4.68 Å². The highest BCUT2D eigenvalue weighted by molar-refractivity contribution is 6.06. The topological polar surface area (TPSA) is 137 Å². The summed E-state index contributed by atoms with van der Waals surface area (Å²) in [6.45, 7) is 0.477. The van der Waals surface area contributed by atoms with Crippen LogP contribution in [-0.2, 0) is 17.8 Å². The standard InChI is InChI=1S/C28H24N4O6/c33-24(16-19(28(35)36)12-14-32-27(34)21-8-4-5-9-23(21)29-31-32)26-22-11-10-20(17-25(22)38-30-26)37-15-13-18-6-2-1-3-7-18/h1-11,17,19H,12-16H2,(H,35,36). The van der Waals surface area contributed by atoms with Crippen molar-refractivity contribution < 1.29 is 24.0 Å². The predicted molar refractivity (Wildman–Crippen MR) is 138 cm³/mol. The molecule has 10 heteroatoms. The maximum Gasteiger partial charge on any atom is 0.307 e. The Morgan fingerprint density at radius 3 is 2.61 bits per heavy atom. The van der Waals surface area contributed by atoms with Crippen LogP contribution in [0, 0.1) is 5.92 Å². The molecule has 1 unspecified atom stereocenters. The Bertz CT molecular complexity index is 1660. The summed E-state index contributed by atoms with van der Waals surface area (Å²) in [5.74, 6) is -2.09. The highest BCUT2D eigenvalue weighted by Crippen LogP contribution is 2.26. The van der Waals surface area contributed by atoms with Crippen molar-refractivity contribution in [1.29, 1.82) is 0 Å². The first-order valence-electron chi connectivity index (χ1n) is 12.1. The molecule has 0 bridgehead atoms. The van der Waals surface area contributed by atoms with E-state index in [1.54, 1.807) is 42.5 Å². The van der Waals surface area contributed by atoms with E-state index in [9.17, 15) is 19.5 Å². The van der Waals surface area contributed by atoms with E-state index in [0.29, 0.717) is 34.2 Å². The van der Waals surface area contributed by atoms with Crippen molar-refractivity contribution in [1.82, 2.24) is 20.2 Å². The van der Waals surface area contributed by atoms with Crippen LogP contribution in [0.15, 0.2) is 82.1 Å². The fourth-order valence-corrected chi connectivity index (χ4v) is 4.22. The molecule has 0 amide bonds. The molecule has 0 saturated carbocycles. The maximum atomic E-state index is 13.0. The van der Waals surface area contributed by atoms with Crippen molar-refractivity contribution in [3.63, 3.8) is 0 Å². The predicted octanol–water partition coefficient (Wildman–Crippen LogP) is 3.92. The molecule has 0 radical (unpaired) electrons. The molecule has 0 saturated heterocycles. The van der Waals surface area contributed by atoms with Gasteiger partial charge in [0.05, 0.1) is 23.3 Å². The van der Waals surface area contributed by atoms with Crippen LogP contribution in [0.3, 0.4) is 0 Å². The van der Waals surface area contributed by atoms with Gasteiger partial charge in [-0.2, -0.15) is 0 Å². The fourth-order valence-electron chi connectivity index (χ4n) is 4.22. The average molecular weight is 513 g/mol. The molecule has 3 aromatic carbocycles. The van der Waals surface area contributed by atoms with Crippen molar-refractivity contribution in [2.45, 2.75) is 25.8 Å². The van der Waals surface area contributed by atoms with Crippen LogP contribution >= 0.6 is 0 Å². The Kier molecular flexibility index (Phi) is 7.21. The lowest BCUT2D eigenvalue weighted by atomic mass is 9.96. The number of hydrogen-bond donors (Lipinski definition) is 1. The molecule has 5 aromatic rings. The SMILES string of the molecule is O=C(CC(CCn1nnc2ccccc2c1=O)C(=O)O)c1noc2cc(OCCc3ccccc3)ccc12. The molecule has 1 N–H and O–H groups in total. The third-order valence-electron chi connectivity index (χ3n) is 6.31. The Labute approximate surface area is 216 Å². The lowest BCUT2D eigenvalue weighted by Crippen LogP contribution is -2.27. The highest BCUT2D eigenvalue weighted by atomic mass is 16.5. The van der Waals surface area contributed by atoms with Gasteiger partial charge in [-0.3, -0.25) is 14.4 Å². The lowest BCUT2D eigenvalue weighted by molar-refractivity contribution is -0.142. The van der Waals surface area contributed by atoms with Gasteiger partial charge < -0.3 is 14.4 Å². The monoisotopic (exact) mass is 512 g/mol. The molecule has 0 spiro atoms. The van der Waals surface area contributed by atoms with Gasteiger partial charge in [-0.15, -0.1) is 5.10 Å². The van der Waals surface area contributed by atoms with E-state index >= 15 is 0 Å². The minimum Gasteiger partial charge on any atom is -0.493 e. The summed E-state index contributed by atoms with van der Waals surface area (Å²) in [7, 11) is 0. The van der Waals surface area contributed by atoms with E-state index in [2.05, 4.69) is 15.5 Å². The van der Waals surface area contributed by atoms with Crippen LogP contribution in [0.2, 0.25) is 0 Å². The number of ether oxygens (including phenoxy) is 1. The largest absolute Gasteiger partial charge is 0.493 e. The number of aryl methyl sites for hydroxylation is 1. The Hall–Kier alpha value is -4.86. The number of hydrogen-bond acceptors (Lipinski definition) is 8. The smallest absolute Gasteiger partial charge is 0.307 e. The molecule has 192 valence electrons. The van der Waals surface area contributed by atoms with Gasteiger partial charge in [0.25, 0.3) is 5.56 Å². The number of ketones is 1. The normalized spacial score (nSPS) is 12.0.